The molecule has 0 aliphatic carbocycles. The van der Waals surface area contributed by atoms with Gasteiger partial charge >= 0.3 is 6.03 Å². The molecule has 2 aromatic carbocycles. The summed E-state index contributed by atoms with van der Waals surface area (Å²) in [6, 6.07) is 22.4. The van der Waals surface area contributed by atoms with Crippen LogP contribution in [0.15, 0.2) is 77.8 Å². The Bertz CT molecular complexity index is 1380. The van der Waals surface area contributed by atoms with Gasteiger partial charge in [0, 0.05) is 40.3 Å². The molecule has 0 fully saturated rings. The zero-order chi connectivity index (χ0) is 23.9. The number of thioether (sulfide) groups is 1. The smallest absolute Gasteiger partial charge is 0.310 e. The summed E-state index contributed by atoms with van der Waals surface area (Å²) in [4.78, 5) is 20.9. The van der Waals surface area contributed by atoms with Crippen LogP contribution in [0.2, 0.25) is 0 Å². The standard InChI is InChI=1S/C28H28N4OS2/c1-30-15-13-22-23-17-32(28(33)29-20-10-6-11-21(16-20)34-2)26(19-8-4-3-5-9-19)24-12-7-14-31(24)27(23)35-25(22)18-30/h3-12,14,16,26H,13,15,17-18H2,1-2H3,(H,29,33)/t26-/m0/s1. The molecule has 0 unspecified atom stereocenters. The molecule has 0 radical (unpaired) electrons. The monoisotopic (exact) mass is 500 g/mol. The van der Waals surface area contributed by atoms with E-state index in [0.29, 0.717) is 6.54 Å². The highest BCUT2D eigenvalue weighted by Crippen LogP contribution is 2.43. The summed E-state index contributed by atoms with van der Waals surface area (Å²) in [5.41, 5.74) is 5.78. The SMILES string of the molecule is CSc1cccc(NC(=O)N2Cc3c(sc4c3CCN(C)C4)-n3cccc3[C@@H]2c2ccccc2)c1. The third-order valence-corrected chi connectivity index (χ3v) is 8.94. The zero-order valence-corrected chi connectivity index (χ0v) is 21.5. The molecule has 1 N–H and O–H groups in total. The lowest BCUT2D eigenvalue weighted by Crippen LogP contribution is -2.38. The first-order valence-electron chi connectivity index (χ1n) is 11.9. The average molecular weight is 501 g/mol. The third-order valence-electron chi connectivity index (χ3n) is 6.95. The number of nitrogens with one attached hydrogen (secondary N) is 1. The summed E-state index contributed by atoms with van der Waals surface area (Å²) >= 11 is 3.56. The summed E-state index contributed by atoms with van der Waals surface area (Å²) in [7, 11) is 2.18. The number of likely N-dealkylation sites (N-methyl/N-ethyl adjacent to an activating group) is 1. The number of hydrogen-bond donors (Lipinski definition) is 1. The summed E-state index contributed by atoms with van der Waals surface area (Å²) < 4.78 is 2.32. The molecule has 2 amide bonds. The Morgan fingerprint density at radius 1 is 1.03 bits per heavy atom. The molecular weight excluding hydrogens is 472 g/mol. The fraction of sp³-hybridized carbons (Fsp3) is 0.250. The van der Waals surface area contributed by atoms with Crippen LogP contribution in [0.4, 0.5) is 10.5 Å². The third kappa shape index (κ3) is 4.07. The summed E-state index contributed by atoms with van der Waals surface area (Å²) in [5.74, 6) is 0. The van der Waals surface area contributed by atoms with E-state index in [4.69, 9.17) is 0 Å². The molecule has 0 spiro atoms. The molecule has 4 aromatic rings. The number of amides is 2. The Kier molecular flexibility index (Phi) is 5.92. The number of carbonyl (C=O) groups is 1. The quantitative estimate of drug-likeness (QED) is 0.332. The number of nitrogens with zero attached hydrogens (tertiary/aromatic N) is 3. The number of urea groups is 1. The number of rotatable bonds is 3. The number of thiophene rings is 1. The van der Waals surface area contributed by atoms with Crippen molar-refractivity contribution in [2.45, 2.75) is 30.4 Å². The van der Waals surface area contributed by atoms with Gasteiger partial charge in [0.05, 0.1) is 18.3 Å². The van der Waals surface area contributed by atoms with Crippen molar-refractivity contribution in [3.05, 3.63) is 100 Å². The van der Waals surface area contributed by atoms with Crippen molar-refractivity contribution in [3.63, 3.8) is 0 Å². The van der Waals surface area contributed by atoms with E-state index in [-0.39, 0.29) is 12.1 Å². The minimum Gasteiger partial charge on any atom is -0.310 e. The molecule has 178 valence electrons. The van der Waals surface area contributed by atoms with E-state index in [2.05, 4.69) is 70.5 Å². The highest BCUT2D eigenvalue weighted by atomic mass is 32.2. The summed E-state index contributed by atoms with van der Waals surface area (Å²) in [6.07, 6.45) is 5.22. The van der Waals surface area contributed by atoms with Gasteiger partial charge in [-0.05, 0) is 61.2 Å². The maximum absolute atomic E-state index is 14.0. The number of hydrogen-bond acceptors (Lipinski definition) is 4. The van der Waals surface area contributed by atoms with Gasteiger partial charge in [0.25, 0.3) is 0 Å². The van der Waals surface area contributed by atoms with Crippen LogP contribution in [0, 0.1) is 0 Å². The molecule has 2 aliphatic rings. The van der Waals surface area contributed by atoms with Crippen molar-refractivity contribution < 1.29 is 4.79 Å². The van der Waals surface area contributed by atoms with E-state index < -0.39 is 0 Å². The minimum atomic E-state index is -0.184. The fourth-order valence-corrected chi connectivity index (χ4v) is 7.14. The highest BCUT2D eigenvalue weighted by Gasteiger charge is 2.36. The Labute approximate surface area is 214 Å². The van der Waals surface area contributed by atoms with Gasteiger partial charge in [-0.2, -0.15) is 0 Å². The van der Waals surface area contributed by atoms with Crippen LogP contribution in [0.25, 0.3) is 5.00 Å². The van der Waals surface area contributed by atoms with Crippen molar-refractivity contribution >= 4 is 34.8 Å². The lowest BCUT2D eigenvalue weighted by Gasteiger charge is -2.32. The maximum atomic E-state index is 14.0. The van der Waals surface area contributed by atoms with Gasteiger partial charge in [-0.25, -0.2) is 4.79 Å². The molecule has 1 atom stereocenters. The molecular formula is C28H28N4OS2. The van der Waals surface area contributed by atoms with E-state index in [1.54, 1.807) is 11.8 Å². The van der Waals surface area contributed by atoms with Crippen LogP contribution in [0.5, 0.6) is 0 Å². The lowest BCUT2D eigenvalue weighted by molar-refractivity contribution is 0.194. The molecule has 2 aliphatic heterocycles. The second-order valence-electron chi connectivity index (χ2n) is 9.18. The van der Waals surface area contributed by atoms with Crippen molar-refractivity contribution in [2.75, 3.05) is 25.2 Å². The first-order chi connectivity index (χ1) is 17.1. The number of anilines is 1. The van der Waals surface area contributed by atoms with E-state index in [0.717, 1.165) is 41.4 Å². The van der Waals surface area contributed by atoms with Gasteiger partial charge in [-0.1, -0.05) is 36.4 Å². The number of fused-ring (bicyclic) bond motifs is 5. The normalized spacial score (nSPS) is 17.3. The van der Waals surface area contributed by atoms with Crippen LogP contribution in [0.1, 0.15) is 33.3 Å². The van der Waals surface area contributed by atoms with Crippen LogP contribution in [-0.4, -0.2) is 40.2 Å². The molecule has 2 aromatic heterocycles. The van der Waals surface area contributed by atoms with E-state index in [1.807, 2.05) is 46.8 Å². The van der Waals surface area contributed by atoms with Crippen molar-refractivity contribution in [2.24, 2.45) is 0 Å². The molecule has 5 nitrogen and oxygen atoms in total. The Balaban J connectivity index is 1.47. The molecule has 35 heavy (non-hydrogen) atoms. The number of benzene rings is 2. The van der Waals surface area contributed by atoms with Gasteiger partial charge < -0.3 is 19.7 Å². The van der Waals surface area contributed by atoms with Crippen molar-refractivity contribution in [1.29, 1.82) is 0 Å². The van der Waals surface area contributed by atoms with Crippen molar-refractivity contribution in [3.8, 4) is 5.00 Å². The second-order valence-corrected chi connectivity index (χ2v) is 11.1. The van der Waals surface area contributed by atoms with E-state index in [9.17, 15) is 4.79 Å². The Hall–Kier alpha value is -3.00. The zero-order valence-electron chi connectivity index (χ0n) is 19.9. The molecule has 4 heterocycles. The molecule has 6 rings (SSSR count). The number of carbonyl (C=O) groups excluding carboxylic acids is 1. The minimum absolute atomic E-state index is 0.0782. The average Bonchev–Trinajstić information content (AvgIpc) is 3.46. The largest absolute Gasteiger partial charge is 0.322 e. The summed E-state index contributed by atoms with van der Waals surface area (Å²) in [5, 5.41) is 4.46. The van der Waals surface area contributed by atoms with Gasteiger partial charge in [-0.15, -0.1) is 23.1 Å². The van der Waals surface area contributed by atoms with Crippen LogP contribution in [-0.2, 0) is 19.5 Å². The maximum Gasteiger partial charge on any atom is 0.322 e. The van der Waals surface area contributed by atoms with Crippen LogP contribution in [0.3, 0.4) is 0 Å². The first kappa shape index (κ1) is 22.5. The highest BCUT2D eigenvalue weighted by molar-refractivity contribution is 7.98. The molecule has 7 heteroatoms. The molecule has 0 saturated heterocycles. The lowest BCUT2D eigenvalue weighted by atomic mass is 10.0. The van der Waals surface area contributed by atoms with Gasteiger partial charge in [0.15, 0.2) is 0 Å². The Morgan fingerprint density at radius 2 is 1.89 bits per heavy atom. The topological polar surface area (TPSA) is 40.5 Å². The predicted octanol–water partition coefficient (Wildman–Crippen LogP) is 6.39. The van der Waals surface area contributed by atoms with E-state index >= 15 is 0 Å². The fourth-order valence-electron chi connectivity index (χ4n) is 5.23. The number of aromatic nitrogens is 1. The summed E-state index contributed by atoms with van der Waals surface area (Å²) in [6.45, 7) is 2.60. The van der Waals surface area contributed by atoms with Gasteiger partial charge in [0.1, 0.15) is 5.00 Å². The van der Waals surface area contributed by atoms with E-state index in [1.165, 1.54) is 21.0 Å². The predicted molar refractivity (Wildman–Crippen MR) is 145 cm³/mol. The second kappa shape index (κ2) is 9.22. The van der Waals surface area contributed by atoms with Gasteiger partial charge in [0.2, 0.25) is 0 Å². The van der Waals surface area contributed by atoms with Crippen LogP contribution >= 0.6 is 23.1 Å². The van der Waals surface area contributed by atoms with Crippen LogP contribution < -0.4 is 5.32 Å². The Morgan fingerprint density at radius 3 is 2.71 bits per heavy atom. The molecule has 0 bridgehead atoms. The van der Waals surface area contributed by atoms with Crippen molar-refractivity contribution in [1.82, 2.24) is 14.4 Å². The van der Waals surface area contributed by atoms with Gasteiger partial charge in [-0.3, -0.25) is 0 Å². The first-order valence-corrected chi connectivity index (χ1v) is 13.9. The molecule has 0 saturated carbocycles.